The van der Waals surface area contributed by atoms with Crippen LogP contribution >= 0.6 is 0 Å². The van der Waals surface area contributed by atoms with Gasteiger partial charge in [-0.2, -0.15) is 0 Å². The summed E-state index contributed by atoms with van der Waals surface area (Å²) in [6.07, 6.45) is 6.56. The van der Waals surface area contributed by atoms with Crippen LogP contribution in [0.1, 0.15) is 19.8 Å². The number of allylic oxidation sites excluding steroid dienone is 1. The number of amides is 2. The smallest absolute Gasteiger partial charge is 0.331 e. The summed E-state index contributed by atoms with van der Waals surface area (Å²) >= 11 is 0. The molecule has 0 radical (unpaired) electrons. The molecule has 1 aliphatic heterocycles. The lowest BCUT2D eigenvalue weighted by atomic mass is 9.88. The van der Waals surface area contributed by atoms with E-state index >= 15 is 0 Å². The maximum atomic E-state index is 11.9. The predicted octanol–water partition coefficient (Wildman–Crippen LogP) is -0.363. The molecule has 2 aliphatic rings. The second-order valence-corrected chi connectivity index (χ2v) is 5.40. The van der Waals surface area contributed by atoms with Crippen LogP contribution in [-0.4, -0.2) is 29.9 Å². The third-order valence-corrected chi connectivity index (χ3v) is 3.61. The van der Waals surface area contributed by atoms with E-state index in [1.54, 1.807) is 12.2 Å². The van der Waals surface area contributed by atoms with Crippen molar-refractivity contribution < 1.29 is 19.1 Å². The highest BCUT2D eigenvalue weighted by atomic mass is 16.5. The SMILES string of the molecule is CC1=CC(=O)OC2C=C(NC(=O)C(N)CCC(N)=O)C=CC12. The normalized spacial score (nSPS) is 24.5. The van der Waals surface area contributed by atoms with Crippen molar-refractivity contribution >= 4 is 17.8 Å². The summed E-state index contributed by atoms with van der Waals surface area (Å²) in [5.74, 6) is -1.32. The van der Waals surface area contributed by atoms with Crippen molar-refractivity contribution in [3.05, 3.63) is 35.6 Å². The highest BCUT2D eigenvalue weighted by molar-refractivity contribution is 5.85. The van der Waals surface area contributed by atoms with Crippen LogP contribution in [0.25, 0.3) is 0 Å². The number of hydrogen-bond donors (Lipinski definition) is 3. The fraction of sp³-hybridized carbons (Fsp3) is 0.400. The fourth-order valence-electron chi connectivity index (χ4n) is 2.37. The van der Waals surface area contributed by atoms with Gasteiger partial charge in [-0.15, -0.1) is 0 Å². The Balaban J connectivity index is 1.97. The van der Waals surface area contributed by atoms with Crippen LogP contribution in [0.4, 0.5) is 0 Å². The van der Waals surface area contributed by atoms with Crippen LogP contribution in [0.5, 0.6) is 0 Å². The van der Waals surface area contributed by atoms with Crippen molar-refractivity contribution in [2.24, 2.45) is 17.4 Å². The molecule has 3 atom stereocenters. The van der Waals surface area contributed by atoms with E-state index in [2.05, 4.69) is 5.32 Å². The van der Waals surface area contributed by atoms with Crippen molar-refractivity contribution in [1.82, 2.24) is 5.32 Å². The Morgan fingerprint density at radius 1 is 1.45 bits per heavy atom. The van der Waals surface area contributed by atoms with E-state index in [1.165, 1.54) is 6.08 Å². The lowest BCUT2D eigenvalue weighted by molar-refractivity contribution is -0.143. The first-order valence-corrected chi connectivity index (χ1v) is 7.00. The summed E-state index contributed by atoms with van der Waals surface area (Å²) in [5.41, 5.74) is 12.1. The quantitative estimate of drug-likeness (QED) is 0.598. The van der Waals surface area contributed by atoms with Crippen LogP contribution in [0.2, 0.25) is 0 Å². The third-order valence-electron chi connectivity index (χ3n) is 3.61. The molecule has 7 nitrogen and oxygen atoms in total. The number of fused-ring (bicyclic) bond motifs is 1. The molecule has 7 heteroatoms. The molecule has 0 aromatic rings. The van der Waals surface area contributed by atoms with Crippen molar-refractivity contribution in [1.29, 1.82) is 0 Å². The van der Waals surface area contributed by atoms with Gasteiger partial charge in [0, 0.05) is 24.1 Å². The van der Waals surface area contributed by atoms with Gasteiger partial charge >= 0.3 is 5.97 Å². The monoisotopic (exact) mass is 305 g/mol. The number of primary amides is 1. The molecule has 0 spiro atoms. The summed E-state index contributed by atoms with van der Waals surface area (Å²) in [7, 11) is 0. The zero-order valence-corrected chi connectivity index (χ0v) is 12.2. The van der Waals surface area contributed by atoms with Gasteiger partial charge in [-0.05, 0) is 25.5 Å². The van der Waals surface area contributed by atoms with Gasteiger partial charge in [-0.25, -0.2) is 4.79 Å². The minimum absolute atomic E-state index is 0.0121. The van der Waals surface area contributed by atoms with Gasteiger partial charge in [-0.3, -0.25) is 9.59 Å². The number of rotatable bonds is 5. The minimum atomic E-state index is -0.824. The average Bonchev–Trinajstić information content (AvgIpc) is 2.43. The maximum absolute atomic E-state index is 11.9. The fourth-order valence-corrected chi connectivity index (χ4v) is 2.37. The number of hydrogen-bond acceptors (Lipinski definition) is 5. The highest BCUT2D eigenvalue weighted by Gasteiger charge is 2.30. The van der Waals surface area contributed by atoms with E-state index in [9.17, 15) is 14.4 Å². The molecule has 0 saturated carbocycles. The minimum Gasteiger partial charge on any atom is -0.454 e. The van der Waals surface area contributed by atoms with Gasteiger partial charge in [-0.1, -0.05) is 11.6 Å². The lowest BCUT2D eigenvalue weighted by Crippen LogP contribution is -2.41. The first-order chi connectivity index (χ1) is 10.4. The Labute approximate surface area is 128 Å². The van der Waals surface area contributed by atoms with E-state index < -0.39 is 29.9 Å². The van der Waals surface area contributed by atoms with Gasteiger partial charge in [0.05, 0.1) is 6.04 Å². The van der Waals surface area contributed by atoms with Gasteiger partial charge in [0.25, 0.3) is 0 Å². The standard InChI is InChI=1S/C15H19N3O4/c1-8-6-14(20)22-12-7-9(2-3-10(8)12)18-15(21)11(16)4-5-13(17)19/h2-3,6-7,10-12H,4-5,16H2,1H3,(H2,17,19)(H,18,21). The van der Waals surface area contributed by atoms with Crippen molar-refractivity contribution in [3.8, 4) is 0 Å². The number of esters is 1. The molecule has 0 aromatic heterocycles. The molecule has 0 aromatic carbocycles. The number of nitrogens with one attached hydrogen (secondary N) is 1. The van der Waals surface area contributed by atoms with E-state index in [1.807, 2.05) is 13.0 Å². The molecule has 5 N–H and O–H groups in total. The summed E-state index contributed by atoms with van der Waals surface area (Å²) < 4.78 is 5.23. The second kappa shape index (κ2) is 6.57. The molecule has 0 fully saturated rings. The van der Waals surface area contributed by atoms with Crippen LogP contribution in [0.15, 0.2) is 35.6 Å². The maximum Gasteiger partial charge on any atom is 0.331 e. The van der Waals surface area contributed by atoms with Crippen molar-refractivity contribution in [2.45, 2.75) is 31.9 Å². The molecular formula is C15H19N3O4. The second-order valence-electron chi connectivity index (χ2n) is 5.40. The largest absolute Gasteiger partial charge is 0.454 e. The molecule has 1 heterocycles. The topological polar surface area (TPSA) is 125 Å². The van der Waals surface area contributed by atoms with Gasteiger partial charge < -0.3 is 21.5 Å². The molecule has 118 valence electrons. The Morgan fingerprint density at radius 3 is 2.86 bits per heavy atom. The summed E-state index contributed by atoms with van der Waals surface area (Å²) in [6.45, 7) is 1.86. The molecule has 0 saturated heterocycles. The molecule has 2 rings (SSSR count). The molecule has 22 heavy (non-hydrogen) atoms. The first kappa shape index (κ1) is 16.0. The predicted molar refractivity (Wildman–Crippen MR) is 78.9 cm³/mol. The summed E-state index contributed by atoms with van der Waals surface area (Å²) in [6, 6.07) is -0.824. The number of carbonyl (C=O) groups excluding carboxylic acids is 3. The molecule has 2 amide bonds. The van der Waals surface area contributed by atoms with E-state index in [0.29, 0.717) is 5.70 Å². The first-order valence-electron chi connectivity index (χ1n) is 7.00. The van der Waals surface area contributed by atoms with E-state index in [0.717, 1.165) is 5.57 Å². The average molecular weight is 305 g/mol. The van der Waals surface area contributed by atoms with Crippen LogP contribution in [0, 0.1) is 5.92 Å². The molecular weight excluding hydrogens is 286 g/mol. The van der Waals surface area contributed by atoms with Crippen LogP contribution in [-0.2, 0) is 19.1 Å². The van der Waals surface area contributed by atoms with Gasteiger partial charge in [0.15, 0.2) is 0 Å². The summed E-state index contributed by atoms with van der Waals surface area (Å²) in [5, 5.41) is 2.65. The molecule has 0 bridgehead atoms. The Morgan fingerprint density at radius 2 is 2.18 bits per heavy atom. The Kier molecular flexibility index (Phi) is 4.77. The third kappa shape index (κ3) is 3.82. The van der Waals surface area contributed by atoms with E-state index in [4.69, 9.17) is 16.2 Å². The van der Waals surface area contributed by atoms with Gasteiger partial charge in [0.1, 0.15) is 6.10 Å². The van der Waals surface area contributed by atoms with E-state index in [-0.39, 0.29) is 18.8 Å². The molecule has 1 aliphatic carbocycles. The van der Waals surface area contributed by atoms with Crippen molar-refractivity contribution in [2.75, 3.05) is 0 Å². The summed E-state index contributed by atoms with van der Waals surface area (Å²) in [4.78, 5) is 34.0. The number of carbonyl (C=O) groups is 3. The van der Waals surface area contributed by atoms with Gasteiger partial charge in [0.2, 0.25) is 11.8 Å². The number of nitrogens with two attached hydrogens (primary N) is 2. The zero-order valence-electron chi connectivity index (χ0n) is 12.2. The van der Waals surface area contributed by atoms with Crippen molar-refractivity contribution in [3.63, 3.8) is 0 Å². The lowest BCUT2D eigenvalue weighted by Gasteiger charge is -2.30. The zero-order chi connectivity index (χ0) is 16.3. The van der Waals surface area contributed by atoms with Crippen LogP contribution in [0.3, 0.4) is 0 Å². The number of ether oxygens (including phenoxy) is 1. The molecule has 3 unspecified atom stereocenters. The Hall–Kier alpha value is -2.41. The van der Waals surface area contributed by atoms with Crippen LogP contribution < -0.4 is 16.8 Å². The highest BCUT2D eigenvalue weighted by Crippen LogP contribution is 2.29. The Bertz CT molecular complexity index is 592.